The van der Waals surface area contributed by atoms with Crippen molar-refractivity contribution in [1.29, 1.82) is 0 Å². The third kappa shape index (κ3) is 2.60. The fourth-order valence-electron chi connectivity index (χ4n) is 2.26. The number of hydrogen-bond donors (Lipinski definition) is 0. The molecule has 20 heavy (non-hydrogen) atoms. The normalized spacial score (nSPS) is 18.8. The molecule has 0 N–H and O–H groups in total. The Morgan fingerprint density at radius 2 is 2.10 bits per heavy atom. The highest BCUT2D eigenvalue weighted by atomic mass is 32.2. The molecule has 1 fully saturated rings. The predicted molar refractivity (Wildman–Crippen MR) is 81.2 cm³/mol. The molecule has 2 aromatic rings. The molecule has 1 saturated heterocycles. The van der Waals surface area contributed by atoms with Crippen LogP contribution in [0.15, 0.2) is 36.4 Å². The lowest BCUT2D eigenvalue weighted by molar-refractivity contribution is -0.128. The minimum Gasteiger partial charge on any atom is -0.321 e. The average Bonchev–Trinajstić information content (AvgIpc) is 3.00. The molecule has 3 rings (SSSR count). The fourth-order valence-corrected chi connectivity index (χ4v) is 4.56. The van der Waals surface area contributed by atoms with E-state index in [1.54, 1.807) is 46.2 Å². The maximum atomic E-state index is 13.8. The maximum absolute atomic E-state index is 13.8. The van der Waals surface area contributed by atoms with Crippen LogP contribution in [0, 0.1) is 12.7 Å². The van der Waals surface area contributed by atoms with E-state index in [1.807, 2.05) is 0 Å². The molecular formula is C15H14FNOS2. The number of thioether (sulfide) groups is 1. The zero-order valence-electron chi connectivity index (χ0n) is 11.0. The van der Waals surface area contributed by atoms with Gasteiger partial charge in [-0.3, -0.25) is 4.79 Å². The minimum atomic E-state index is -0.252. The van der Waals surface area contributed by atoms with Crippen LogP contribution < -0.4 is 0 Å². The smallest absolute Gasteiger partial charge is 0.234 e. The summed E-state index contributed by atoms with van der Waals surface area (Å²) in [5, 5.41) is 0.0146. The molecule has 0 bridgehead atoms. The van der Waals surface area contributed by atoms with E-state index >= 15 is 0 Å². The molecular weight excluding hydrogens is 293 g/mol. The molecule has 1 aliphatic rings. The summed E-state index contributed by atoms with van der Waals surface area (Å²) in [5.74, 6) is 0.295. The number of hydrogen-bond acceptors (Lipinski definition) is 3. The van der Waals surface area contributed by atoms with E-state index < -0.39 is 0 Å². The Morgan fingerprint density at radius 3 is 2.80 bits per heavy atom. The molecule has 0 spiro atoms. The number of rotatable bonds is 3. The van der Waals surface area contributed by atoms with Gasteiger partial charge >= 0.3 is 0 Å². The average molecular weight is 307 g/mol. The van der Waals surface area contributed by atoms with E-state index in [9.17, 15) is 9.18 Å². The van der Waals surface area contributed by atoms with Crippen molar-refractivity contribution in [3.63, 3.8) is 0 Å². The van der Waals surface area contributed by atoms with Gasteiger partial charge in [-0.25, -0.2) is 4.39 Å². The summed E-state index contributed by atoms with van der Waals surface area (Å²) in [6.07, 6.45) is 0. The Bertz CT molecular complexity index is 640. The molecule has 1 unspecified atom stereocenters. The number of amides is 1. The largest absolute Gasteiger partial charge is 0.321 e. The van der Waals surface area contributed by atoms with Crippen molar-refractivity contribution in [1.82, 2.24) is 4.90 Å². The van der Waals surface area contributed by atoms with Crippen molar-refractivity contribution in [2.75, 3.05) is 5.75 Å². The van der Waals surface area contributed by atoms with Crippen LogP contribution >= 0.6 is 23.1 Å². The van der Waals surface area contributed by atoms with Gasteiger partial charge in [0.25, 0.3) is 0 Å². The lowest BCUT2D eigenvalue weighted by atomic mass is 10.2. The van der Waals surface area contributed by atoms with Gasteiger partial charge in [0.05, 0.1) is 12.3 Å². The van der Waals surface area contributed by atoms with E-state index in [-0.39, 0.29) is 17.1 Å². The first-order valence-electron chi connectivity index (χ1n) is 6.36. The zero-order valence-corrected chi connectivity index (χ0v) is 12.6. The van der Waals surface area contributed by atoms with Gasteiger partial charge in [0, 0.05) is 15.3 Å². The summed E-state index contributed by atoms with van der Waals surface area (Å²) in [4.78, 5) is 16.2. The Morgan fingerprint density at radius 1 is 1.30 bits per heavy atom. The van der Waals surface area contributed by atoms with E-state index in [0.717, 1.165) is 4.88 Å². The SMILES string of the molecule is Cc1ccc(C2SCC(=O)N2Cc2ccccc2F)s1. The van der Waals surface area contributed by atoms with Crippen molar-refractivity contribution in [2.24, 2.45) is 0 Å². The molecule has 0 saturated carbocycles. The summed E-state index contributed by atoms with van der Waals surface area (Å²) < 4.78 is 13.8. The fraction of sp³-hybridized carbons (Fsp3) is 0.267. The van der Waals surface area contributed by atoms with Gasteiger partial charge in [-0.2, -0.15) is 0 Å². The molecule has 5 heteroatoms. The second kappa shape index (κ2) is 5.58. The lowest BCUT2D eigenvalue weighted by Gasteiger charge is -2.23. The highest BCUT2D eigenvalue weighted by Gasteiger charge is 2.33. The van der Waals surface area contributed by atoms with Gasteiger partial charge in [-0.1, -0.05) is 18.2 Å². The number of benzene rings is 1. The molecule has 104 valence electrons. The maximum Gasteiger partial charge on any atom is 0.234 e. The molecule has 2 nitrogen and oxygen atoms in total. The summed E-state index contributed by atoms with van der Waals surface area (Å²) in [6.45, 7) is 2.39. The Labute approximate surface area is 125 Å². The first kappa shape index (κ1) is 13.6. The summed E-state index contributed by atoms with van der Waals surface area (Å²) in [5.41, 5.74) is 0.571. The first-order chi connectivity index (χ1) is 9.65. The number of thiophene rings is 1. The third-order valence-corrected chi connectivity index (χ3v) is 5.71. The topological polar surface area (TPSA) is 20.3 Å². The van der Waals surface area contributed by atoms with Gasteiger partial charge in [0.15, 0.2) is 0 Å². The second-order valence-electron chi connectivity index (χ2n) is 4.72. The monoisotopic (exact) mass is 307 g/mol. The van der Waals surface area contributed by atoms with Crippen LogP contribution in [-0.2, 0) is 11.3 Å². The molecule has 0 radical (unpaired) electrons. The van der Waals surface area contributed by atoms with Gasteiger partial charge in [-0.05, 0) is 25.1 Å². The molecule has 1 aliphatic heterocycles. The number of nitrogens with zero attached hydrogens (tertiary/aromatic N) is 1. The van der Waals surface area contributed by atoms with Gasteiger partial charge < -0.3 is 4.90 Å². The van der Waals surface area contributed by atoms with Crippen molar-refractivity contribution < 1.29 is 9.18 Å². The molecule has 0 aliphatic carbocycles. The van der Waals surface area contributed by atoms with Crippen LogP contribution in [0.1, 0.15) is 20.7 Å². The van der Waals surface area contributed by atoms with Crippen molar-refractivity contribution in [3.05, 3.63) is 57.5 Å². The standard InChI is InChI=1S/C15H14FNOS2/c1-10-6-7-13(20-10)15-17(14(18)9-19-15)8-11-4-2-3-5-12(11)16/h2-7,15H,8-9H2,1H3. The molecule has 1 atom stereocenters. The van der Waals surface area contributed by atoms with Crippen molar-refractivity contribution in [3.8, 4) is 0 Å². The first-order valence-corrected chi connectivity index (χ1v) is 8.22. The lowest BCUT2D eigenvalue weighted by Crippen LogP contribution is -2.27. The second-order valence-corrected chi connectivity index (χ2v) is 7.11. The zero-order chi connectivity index (χ0) is 14.1. The van der Waals surface area contributed by atoms with Crippen molar-refractivity contribution in [2.45, 2.75) is 18.8 Å². The molecule has 1 aromatic heterocycles. The summed E-state index contributed by atoms with van der Waals surface area (Å²) >= 11 is 3.31. The van der Waals surface area contributed by atoms with Crippen LogP contribution in [0.2, 0.25) is 0 Å². The quantitative estimate of drug-likeness (QED) is 0.855. The van der Waals surface area contributed by atoms with Crippen molar-refractivity contribution >= 4 is 29.0 Å². The Kier molecular flexibility index (Phi) is 3.81. The van der Waals surface area contributed by atoms with Gasteiger partial charge in [-0.15, -0.1) is 23.1 Å². The molecule has 1 aromatic carbocycles. The van der Waals surface area contributed by atoms with Crippen LogP contribution in [0.3, 0.4) is 0 Å². The predicted octanol–water partition coefficient (Wildman–Crippen LogP) is 3.97. The Balaban J connectivity index is 1.86. The summed E-state index contributed by atoms with van der Waals surface area (Å²) in [6, 6.07) is 10.8. The van der Waals surface area contributed by atoms with Gasteiger partial charge in [0.1, 0.15) is 11.2 Å². The Hall–Kier alpha value is -1.33. The number of carbonyl (C=O) groups excluding carboxylic acids is 1. The van der Waals surface area contributed by atoms with E-state index in [1.165, 1.54) is 10.9 Å². The minimum absolute atomic E-state index is 0.0146. The summed E-state index contributed by atoms with van der Waals surface area (Å²) in [7, 11) is 0. The third-order valence-electron chi connectivity index (χ3n) is 3.27. The van der Waals surface area contributed by atoms with Crippen LogP contribution in [0.4, 0.5) is 4.39 Å². The van der Waals surface area contributed by atoms with Crippen LogP contribution in [0.25, 0.3) is 0 Å². The van der Waals surface area contributed by atoms with Crippen LogP contribution in [0.5, 0.6) is 0 Å². The number of carbonyl (C=O) groups is 1. The number of halogens is 1. The molecule has 2 heterocycles. The molecule has 1 amide bonds. The highest BCUT2D eigenvalue weighted by molar-refractivity contribution is 8.00. The van der Waals surface area contributed by atoms with E-state index in [2.05, 4.69) is 19.1 Å². The highest BCUT2D eigenvalue weighted by Crippen LogP contribution is 2.42. The van der Waals surface area contributed by atoms with Gasteiger partial charge in [0.2, 0.25) is 5.91 Å². The number of aryl methyl sites for hydroxylation is 1. The van der Waals surface area contributed by atoms with Crippen LogP contribution in [-0.4, -0.2) is 16.6 Å². The van der Waals surface area contributed by atoms with E-state index in [0.29, 0.717) is 17.9 Å². The van der Waals surface area contributed by atoms with E-state index in [4.69, 9.17) is 0 Å².